The van der Waals surface area contributed by atoms with Crippen LogP contribution in [-0.2, 0) is 0 Å². The molecule has 10 aromatic rings. The molecule has 0 N–H and O–H groups in total. The van der Waals surface area contributed by atoms with Gasteiger partial charge in [-0.1, -0.05) is 152 Å². The molecule has 0 aliphatic rings. The molecule has 0 saturated carbocycles. The van der Waals surface area contributed by atoms with Crippen LogP contribution in [0.15, 0.2) is 174 Å². The number of rotatable bonds is 4. The van der Waals surface area contributed by atoms with Gasteiger partial charge in [-0.3, -0.25) is 0 Å². The van der Waals surface area contributed by atoms with Gasteiger partial charge in [-0.05, 0) is 56.6 Å². The molecule has 49 heavy (non-hydrogen) atoms. The smallest absolute Gasteiger partial charge is 0.136 e. The van der Waals surface area contributed by atoms with Gasteiger partial charge < -0.3 is 4.42 Å². The van der Waals surface area contributed by atoms with Crippen molar-refractivity contribution in [3.8, 4) is 44.8 Å². The van der Waals surface area contributed by atoms with Gasteiger partial charge in [0.2, 0.25) is 0 Å². The quantitative estimate of drug-likeness (QED) is 0.183. The fourth-order valence-electron chi connectivity index (χ4n) is 7.47. The number of furan rings is 1. The predicted octanol–water partition coefficient (Wildman–Crippen LogP) is 12.5. The summed E-state index contributed by atoms with van der Waals surface area (Å²) in [5.74, 6) is 0. The molecule has 228 valence electrons. The van der Waals surface area contributed by atoms with Gasteiger partial charge in [-0.2, -0.15) is 0 Å². The third-order valence-corrected chi connectivity index (χ3v) is 9.69. The van der Waals surface area contributed by atoms with Crippen molar-refractivity contribution in [2.75, 3.05) is 0 Å². The Labute approximate surface area is 282 Å². The number of nitrogens with zero attached hydrogens (tertiary/aromatic N) is 2. The van der Waals surface area contributed by atoms with Crippen molar-refractivity contribution in [1.82, 2.24) is 9.97 Å². The van der Waals surface area contributed by atoms with Crippen molar-refractivity contribution in [2.45, 2.75) is 0 Å². The Kier molecular flexibility index (Phi) is 6.18. The summed E-state index contributed by atoms with van der Waals surface area (Å²) in [7, 11) is 0. The van der Waals surface area contributed by atoms with Crippen LogP contribution in [0.4, 0.5) is 0 Å². The minimum Gasteiger partial charge on any atom is -0.456 e. The zero-order valence-corrected chi connectivity index (χ0v) is 26.5. The van der Waals surface area contributed by atoms with E-state index in [4.69, 9.17) is 14.4 Å². The molecule has 0 aliphatic heterocycles. The summed E-state index contributed by atoms with van der Waals surface area (Å²) in [6.07, 6.45) is 0. The van der Waals surface area contributed by atoms with Crippen molar-refractivity contribution in [3.05, 3.63) is 170 Å². The van der Waals surface area contributed by atoms with Gasteiger partial charge in [0, 0.05) is 27.3 Å². The third-order valence-electron chi connectivity index (χ3n) is 9.69. The van der Waals surface area contributed by atoms with Crippen LogP contribution in [0.2, 0.25) is 0 Å². The van der Waals surface area contributed by atoms with Gasteiger partial charge in [0.05, 0.1) is 22.4 Å². The van der Waals surface area contributed by atoms with Gasteiger partial charge in [0.15, 0.2) is 0 Å². The zero-order valence-electron chi connectivity index (χ0n) is 26.5. The summed E-state index contributed by atoms with van der Waals surface area (Å²) in [5.41, 5.74) is 12.2. The number of benzene rings is 8. The van der Waals surface area contributed by atoms with E-state index in [2.05, 4.69) is 146 Å². The summed E-state index contributed by atoms with van der Waals surface area (Å²) in [5, 5.41) is 6.92. The summed E-state index contributed by atoms with van der Waals surface area (Å²) in [6.45, 7) is 0. The number of hydrogen-bond donors (Lipinski definition) is 0. The Hall–Kier alpha value is -6.58. The fourth-order valence-corrected chi connectivity index (χ4v) is 7.47. The van der Waals surface area contributed by atoms with Crippen molar-refractivity contribution in [2.24, 2.45) is 0 Å². The van der Waals surface area contributed by atoms with Crippen molar-refractivity contribution >= 4 is 54.5 Å². The molecule has 0 saturated heterocycles. The molecule has 0 bridgehead atoms. The summed E-state index contributed by atoms with van der Waals surface area (Å²) < 4.78 is 6.26. The molecular formula is C46H28N2O. The van der Waals surface area contributed by atoms with Gasteiger partial charge in [-0.15, -0.1) is 0 Å². The maximum atomic E-state index is 6.26. The van der Waals surface area contributed by atoms with E-state index in [1.165, 1.54) is 33.0 Å². The monoisotopic (exact) mass is 624 g/mol. The van der Waals surface area contributed by atoms with Crippen molar-refractivity contribution < 1.29 is 4.42 Å². The maximum absolute atomic E-state index is 6.26. The lowest BCUT2D eigenvalue weighted by atomic mass is 9.89. The first-order valence-electron chi connectivity index (χ1n) is 16.6. The third kappa shape index (κ3) is 4.37. The van der Waals surface area contributed by atoms with E-state index in [0.29, 0.717) is 0 Å². The first-order valence-corrected chi connectivity index (χ1v) is 16.6. The van der Waals surface area contributed by atoms with Crippen molar-refractivity contribution in [1.29, 1.82) is 0 Å². The molecule has 0 unspecified atom stereocenters. The van der Waals surface area contributed by atoms with E-state index < -0.39 is 0 Å². The summed E-state index contributed by atoms with van der Waals surface area (Å²) in [4.78, 5) is 10.6. The molecule has 10 rings (SSSR count). The van der Waals surface area contributed by atoms with Crippen LogP contribution in [0, 0.1) is 0 Å². The highest BCUT2D eigenvalue weighted by Gasteiger charge is 2.19. The number of hydrogen-bond acceptors (Lipinski definition) is 3. The van der Waals surface area contributed by atoms with Crippen LogP contribution in [0.3, 0.4) is 0 Å². The molecule has 0 fully saturated rings. The standard InChI is InChI=1S/C46H28N2O/c1-3-13-29(14-4-1)44-45(30-15-5-2-6-16-30)48-46-38-22-11-20-33(36(38)27-28-40(46)47-44)34-25-26-35(32-18-8-7-17-31(32)34)37-21-12-24-42-43(37)39-19-9-10-23-41(39)49-42/h1-28H. The van der Waals surface area contributed by atoms with E-state index >= 15 is 0 Å². The molecule has 0 spiro atoms. The topological polar surface area (TPSA) is 38.9 Å². The van der Waals surface area contributed by atoms with E-state index in [1.807, 2.05) is 24.3 Å². The lowest BCUT2D eigenvalue weighted by Crippen LogP contribution is -1.96. The SMILES string of the molecule is c1ccc(-c2nc3ccc4c(-c5ccc(-c6cccc7oc8ccccc8c67)c6ccccc56)cccc4c3nc2-c2ccccc2)cc1. The summed E-state index contributed by atoms with van der Waals surface area (Å²) in [6, 6.07) is 59.5. The van der Waals surface area contributed by atoms with Gasteiger partial charge >= 0.3 is 0 Å². The molecule has 3 heteroatoms. The highest BCUT2D eigenvalue weighted by molar-refractivity contribution is 6.18. The lowest BCUT2D eigenvalue weighted by Gasteiger charge is -2.16. The Morgan fingerprint density at radius 3 is 1.57 bits per heavy atom. The molecule has 8 aromatic carbocycles. The molecule has 2 heterocycles. The molecule has 0 radical (unpaired) electrons. The molecule has 0 atom stereocenters. The zero-order chi connectivity index (χ0) is 32.3. The van der Waals surface area contributed by atoms with Crippen LogP contribution in [-0.4, -0.2) is 9.97 Å². The minimum atomic E-state index is 0.879. The van der Waals surface area contributed by atoms with Crippen LogP contribution in [0.1, 0.15) is 0 Å². The Bertz CT molecular complexity index is 2870. The van der Waals surface area contributed by atoms with Crippen LogP contribution in [0.25, 0.3) is 99.3 Å². The largest absolute Gasteiger partial charge is 0.456 e. The second kappa shape index (κ2) is 11.0. The fraction of sp³-hybridized carbons (Fsp3) is 0. The average molecular weight is 625 g/mol. The van der Waals surface area contributed by atoms with E-state index in [-0.39, 0.29) is 0 Å². The lowest BCUT2D eigenvalue weighted by molar-refractivity contribution is 0.669. The second-order valence-corrected chi connectivity index (χ2v) is 12.5. The van der Waals surface area contributed by atoms with Crippen LogP contribution < -0.4 is 0 Å². The Balaban J connectivity index is 1.20. The highest BCUT2D eigenvalue weighted by Crippen LogP contribution is 2.43. The molecular weight excluding hydrogens is 597 g/mol. The maximum Gasteiger partial charge on any atom is 0.136 e. The van der Waals surface area contributed by atoms with Crippen LogP contribution >= 0.6 is 0 Å². The first kappa shape index (κ1) is 27.5. The average Bonchev–Trinajstić information content (AvgIpc) is 3.56. The Morgan fingerprint density at radius 1 is 0.327 bits per heavy atom. The van der Waals surface area contributed by atoms with Crippen LogP contribution in [0.5, 0.6) is 0 Å². The number of fused-ring (bicyclic) bond motifs is 7. The number of para-hydroxylation sites is 1. The van der Waals surface area contributed by atoms with Gasteiger partial charge in [0.25, 0.3) is 0 Å². The normalized spacial score (nSPS) is 11.7. The van der Waals surface area contributed by atoms with Gasteiger partial charge in [-0.25, -0.2) is 9.97 Å². The molecule has 2 aromatic heterocycles. The van der Waals surface area contributed by atoms with E-state index in [1.54, 1.807) is 0 Å². The predicted molar refractivity (Wildman–Crippen MR) is 204 cm³/mol. The molecule has 0 amide bonds. The second-order valence-electron chi connectivity index (χ2n) is 12.5. The van der Waals surface area contributed by atoms with Gasteiger partial charge in [0.1, 0.15) is 11.2 Å². The van der Waals surface area contributed by atoms with Crippen molar-refractivity contribution in [3.63, 3.8) is 0 Å². The number of aromatic nitrogens is 2. The minimum absolute atomic E-state index is 0.879. The first-order chi connectivity index (χ1) is 24.3. The summed E-state index contributed by atoms with van der Waals surface area (Å²) >= 11 is 0. The van der Waals surface area contributed by atoms with E-state index in [9.17, 15) is 0 Å². The molecule has 3 nitrogen and oxygen atoms in total. The molecule has 0 aliphatic carbocycles. The Morgan fingerprint density at radius 2 is 0.837 bits per heavy atom. The van der Waals surface area contributed by atoms with E-state index in [0.717, 1.165) is 66.3 Å². The highest BCUT2D eigenvalue weighted by atomic mass is 16.3.